The van der Waals surface area contributed by atoms with Crippen LogP contribution in [0.3, 0.4) is 0 Å². The Bertz CT molecular complexity index is 1730. The number of nitrogens with one attached hydrogen (secondary N) is 2. The third kappa shape index (κ3) is 5.26. The number of pyridine rings is 2. The van der Waals surface area contributed by atoms with E-state index in [0.717, 1.165) is 11.1 Å². The molecule has 2 aliphatic heterocycles. The number of hydrogen-bond donors (Lipinski definition) is 2. The lowest BCUT2D eigenvalue weighted by molar-refractivity contribution is -0.146. The second-order valence-electron chi connectivity index (χ2n) is 10.5. The summed E-state index contributed by atoms with van der Waals surface area (Å²) >= 11 is 0. The third-order valence-corrected chi connectivity index (χ3v) is 7.91. The zero-order valence-electron chi connectivity index (χ0n) is 23.9. The van der Waals surface area contributed by atoms with E-state index in [1.807, 2.05) is 32.3 Å². The number of piperidine rings is 1. The van der Waals surface area contributed by atoms with Gasteiger partial charge in [-0.1, -0.05) is 10.5 Å². The van der Waals surface area contributed by atoms with E-state index in [-0.39, 0.29) is 11.9 Å². The number of aromatic amines is 1. The molecule has 13 nitrogen and oxygen atoms in total. The smallest absolute Gasteiger partial charge is 0.252 e. The van der Waals surface area contributed by atoms with Gasteiger partial charge in [-0.2, -0.15) is 15.5 Å². The van der Waals surface area contributed by atoms with E-state index in [1.54, 1.807) is 41.5 Å². The Morgan fingerprint density at radius 3 is 2.56 bits per heavy atom. The van der Waals surface area contributed by atoms with E-state index in [4.69, 9.17) is 4.74 Å². The summed E-state index contributed by atoms with van der Waals surface area (Å²) < 4.78 is 20.7. The van der Waals surface area contributed by atoms with Gasteiger partial charge in [0, 0.05) is 71.1 Å². The summed E-state index contributed by atoms with van der Waals surface area (Å²) in [5.74, 6) is 1.02. The van der Waals surface area contributed by atoms with E-state index in [9.17, 15) is 14.5 Å². The largest absolute Gasteiger partial charge is 0.368 e. The Labute approximate surface area is 246 Å². The average molecular weight is 584 g/mol. The van der Waals surface area contributed by atoms with Crippen LogP contribution in [0.25, 0.3) is 22.6 Å². The van der Waals surface area contributed by atoms with E-state index in [0.29, 0.717) is 65.1 Å². The van der Waals surface area contributed by atoms with Crippen LogP contribution in [0, 0.1) is 11.3 Å². The molecule has 4 aromatic rings. The first-order valence-electron chi connectivity index (χ1n) is 13.7. The molecule has 4 aromatic heterocycles. The number of hydrogen-bond acceptors (Lipinski definition) is 10. The standard InChI is InChI=1S/C29H30FN11O2/c1-19(20-4-5-23(32-15-20)39-10-12-41(30)13-11-39)35-28(42)29(43-3)6-8-40(9-7-29)25-21(14-31)16-33-27-24(25)36-26(37-27)22-17-34-38(2)18-22/h4-5,10-13,15-19H,6-9H2,1-3H3,(H,35,42)(H,33,36,37)/t19-/m0/s1. The molecule has 1 fully saturated rings. The maximum absolute atomic E-state index is 13.6. The van der Waals surface area contributed by atoms with Crippen molar-refractivity contribution in [2.24, 2.45) is 7.05 Å². The first kappa shape index (κ1) is 27.9. The monoisotopic (exact) mass is 583 g/mol. The Hall–Kier alpha value is -5.29. The number of fused-ring (bicyclic) bond motifs is 1. The normalized spacial score (nSPS) is 16.9. The van der Waals surface area contributed by atoms with Crippen LogP contribution < -0.4 is 15.1 Å². The predicted octanol–water partition coefficient (Wildman–Crippen LogP) is 3.44. The van der Waals surface area contributed by atoms with Crippen molar-refractivity contribution in [2.75, 3.05) is 30.0 Å². The zero-order valence-corrected chi connectivity index (χ0v) is 23.9. The van der Waals surface area contributed by atoms with Gasteiger partial charge in [0.05, 0.1) is 41.5 Å². The molecule has 0 bridgehead atoms. The molecule has 0 aromatic carbocycles. The number of imidazole rings is 1. The first-order valence-corrected chi connectivity index (χ1v) is 13.7. The summed E-state index contributed by atoms with van der Waals surface area (Å²) in [5, 5.41) is 17.7. The number of H-pyrrole nitrogens is 1. The fraction of sp³-hybridized carbons (Fsp3) is 0.310. The topological polar surface area (TPSA) is 144 Å². The van der Waals surface area contributed by atoms with Crippen LogP contribution in [0.4, 0.5) is 16.0 Å². The zero-order chi connectivity index (χ0) is 30.1. The van der Waals surface area contributed by atoms with Gasteiger partial charge in [-0.25, -0.2) is 15.0 Å². The number of halogens is 1. The summed E-state index contributed by atoms with van der Waals surface area (Å²) in [6.07, 6.45) is 13.3. The van der Waals surface area contributed by atoms with Crippen molar-refractivity contribution in [3.63, 3.8) is 0 Å². The Morgan fingerprint density at radius 2 is 1.93 bits per heavy atom. The number of rotatable bonds is 7. The number of nitriles is 1. The van der Waals surface area contributed by atoms with Gasteiger partial charge in [0.25, 0.3) is 5.91 Å². The number of methoxy groups -OCH3 is 1. The molecule has 2 N–H and O–H groups in total. The molecule has 43 heavy (non-hydrogen) atoms. The Balaban J connectivity index is 1.16. The van der Waals surface area contributed by atoms with Crippen LogP contribution in [0.1, 0.15) is 36.9 Å². The average Bonchev–Trinajstić information content (AvgIpc) is 3.67. The number of aryl methyl sites for hydroxylation is 1. The van der Waals surface area contributed by atoms with Crippen LogP contribution in [0.15, 0.2) is 61.7 Å². The molecular weight excluding hydrogens is 553 g/mol. The third-order valence-electron chi connectivity index (χ3n) is 7.91. The van der Waals surface area contributed by atoms with Gasteiger partial charge < -0.3 is 24.8 Å². The summed E-state index contributed by atoms with van der Waals surface area (Å²) in [6, 6.07) is 5.61. The highest BCUT2D eigenvalue weighted by Gasteiger charge is 2.43. The van der Waals surface area contributed by atoms with Gasteiger partial charge >= 0.3 is 0 Å². The van der Waals surface area contributed by atoms with Gasteiger partial charge in [-0.05, 0) is 18.6 Å². The number of amides is 1. The molecule has 6 rings (SSSR count). The number of carbonyl (C=O) groups excluding carboxylic acids is 1. The minimum Gasteiger partial charge on any atom is -0.368 e. The molecule has 0 radical (unpaired) electrons. The predicted molar refractivity (Wildman–Crippen MR) is 156 cm³/mol. The van der Waals surface area contributed by atoms with Crippen molar-refractivity contribution in [1.29, 1.82) is 5.26 Å². The van der Waals surface area contributed by atoms with Crippen molar-refractivity contribution < 1.29 is 14.0 Å². The quantitative estimate of drug-likeness (QED) is 0.311. The van der Waals surface area contributed by atoms with Crippen LogP contribution in [0.5, 0.6) is 0 Å². The summed E-state index contributed by atoms with van der Waals surface area (Å²) in [7, 11) is 3.38. The summed E-state index contributed by atoms with van der Waals surface area (Å²) in [6.45, 7) is 2.85. The molecular formula is C29H30FN11O2. The van der Waals surface area contributed by atoms with Gasteiger partial charge in [-0.3, -0.25) is 9.48 Å². The summed E-state index contributed by atoms with van der Waals surface area (Å²) in [5.41, 5.74) is 2.88. The number of ether oxygens (including phenoxy) is 1. The molecule has 1 amide bonds. The van der Waals surface area contributed by atoms with E-state index >= 15 is 0 Å². The van der Waals surface area contributed by atoms with Gasteiger partial charge in [0.15, 0.2) is 5.65 Å². The van der Waals surface area contributed by atoms with Crippen molar-refractivity contribution in [2.45, 2.75) is 31.4 Å². The molecule has 220 valence electrons. The van der Waals surface area contributed by atoms with Crippen molar-refractivity contribution >= 4 is 28.6 Å². The highest BCUT2D eigenvalue weighted by molar-refractivity contribution is 5.92. The second-order valence-corrected chi connectivity index (χ2v) is 10.5. The molecule has 0 saturated carbocycles. The van der Waals surface area contributed by atoms with Crippen molar-refractivity contribution in [3.8, 4) is 17.5 Å². The molecule has 0 unspecified atom stereocenters. The minimum absolute atomic E-state index is 0.211. The molecule has 2 aliphatic rings. The molecule has 1 saturated heterocycles. The minimum atomic E-state index is -1.03. The van der Waals surface area contributed by atoms with Crippen LogP contribution in [0.2, 0.25) is 0 Å². The number of nitrogens with zero attached hydrogens (tertiary/aromatic N) is 9. The van der Waals surface area contributed by atoms with Crippen LogP contribution >= 0.6 is 0 Å². The molecule has 14 heteroatoms. The second kappa shape index (κ2) is 11.2. The van der Waals surface area contributed by atoms with E-state index < -0.39 is 5.60 Å². The summed E-state index contributed by atoms with van der Waals surface area (Å²) in [4.78, 5) is 34.2. The van der Waals surface area contributed by atoms with Crippen LogP contribution in [-0.4, -0.2) is 66.5 Å². The molecule has 0 aliphatic carbocycles. The Morgan fingerprint density at radius 1 is 1.16 bits per heavy atom. The van der Waals surface area contributed by atoms with Crippen LogP contribution in [-0.2, 0) is 16.6 Å². The van der Waals surface area contributed by atoms with Crippen molar-refractivity contribution in [1.82, 2.24) is 40.2 Å². The van der Waals surface area contributed by atoms with Crippen molar-refractivity contribution in [3.05, 3.63) is 72.8 Å². The fourth-order valence-electron chi connectivity index (χ4n) is 5.39. The molecule has 0 spiro atoms. The molecule has 1 atom stereocenters. The molecule has 6 heterocycles. The first-order chi connectivity index (χ1) is 20.8. The fourth-order valence-corrected chi connectivity index (χ4v) is 5.39. The highest BCUT2D eigenvalue weighted by Crippen LogP contribution is 2.35. The van der Waals surface area contributed by atoms with Gasteiger partial charge in [-0.15, -0.1) is 0 Å². The van der Waals surface area contributed by atoms with E-state index in [1.165, 1.54) is 18.6 Å². The number of carbonyl (C=O) groups is 1. The highest BCUT2D eigenvalue weighted by atomic mass is 19.2. The lowest BCUT2D eigenvalue weighted by atomic mass is 9.89. The Kier molecular flexibility index (Phi) is 7.24. The lowest BCUT2D eigenvalue weighted by Crippen LogP contribution is -2.55. The lowest BCUT2D eigenvalue weighted by Gasteiger charge is -2.41. The van der Waals surface area contributed by atoms with E-state index in [2.05, 4.69) is 41.3 Å². The maximum Gasteiger partial charge on any atom is 0.252 e. The number of anilines is 2. The number of aromatic nitrogens is 6. The van der Waals surface area contributed by atoms with Gasteiger partial charge in [0.2, 0.25) is 0 Å². The maximum atomic E-state index is 13.6. The SMILES string of the molecule is COC1(C(=O)N[C@@H](C)c2ccc(N3C=CN(F)C=C3)nc2)CCN(c2c(C#N)cnc3nc(-c4cnn(C)c4)[nH]c23)CC1. The van der Waals surface area contributed by atoms with Gasteiger partial charge in [0.1, 0.15) is 28.8 Å².